The molecule has 134 valence electrons. The number of hydrogen-bond donors (Lipinski definition) is 0. The molecule has 0 radical (unpaired) electrons. The van der Waals surface area contributed by atoms with Crippen molar-refractivity contribution in [2.75, 3.05) is 13.2 Å². The number of hydrogen-bond acceptors (Lipinski definition) is 4. The average Bonchev–Trinajstić information content (AvgIpc) is 2.67. The standard InChI is InChI=1S/C22H24N2O2/c1-14(2)20-18-7-5-4-6-17(18)16(13-24-20)12-15(3)21-22-19(8-9-23-21)25-10-11-26-22/h4-9,13-15H,10-12H2,1-3H3. The molecule has 0 fully saturated rings. The SMILES string of the molecule is CC(C)c1ncc(CC(C)c2nccc3c2OCCO3)c2ccccc12. The maximum absolute atomic E-state index is 5.85. The van der Waals surface area contributed by atoms with E-state index >= 15 is 0 Å². The second-order valence-corrected chi connectivity index (χ2v) is 7.19. The smallest absolute Gasteiger partial charge is 0.183 e. The molecule has 0 N–H and O–H groups in total. The second kappa shape index (κ2) is 6.94. The van der Waals surface area contributed by atoms with Crippen molar-refractivity contribution in [3.63, 3.8) is 0 Å². The van der Waals surface area contributed by atoms with Gasteiger partial charge in [0, 0.05) is 29.8 Å². The van der Waals surface area contributed by atoms with Crippen molar-refractivity contribution >= 4 is 10.8 Å². The van der Waals surface area contributed by atoms with E-state index in [4.69, 9.17) is 14.5 Å². The third kappa shape index (κ3) is 3.00. The number of nitrogens with zero attached hydrogens (tertiary/aromatic N) is 2. The molecular weight excluding hydrogens is 324 g/mol. The van der Waals surface area contributed by atoms with Gasteiger partial charge in [-0.1, -0.05) is 45.0 Å². The van der Waals surface area contributed by atoms with E-state index in [2.05, 4.69) is 50.0 Å². The first-order valence-corrected chi connectivity index (χ1v) is 9.26. The topological polar surface area (TPSA) is 44.2 Å². The fourth-order valence-corrected chi connectivity index (χ4v) is 3.67. The molecule has 26 heavy (non-hydrogen) atoms. The highest BCUT2D eigenvalue weighted by atomic mass is 16.6. The zero-order valence-corrected chi connectivity index (χ0v) is 15.5. The summed E-state index contributed by atoms with van der Waals surface area (Å²) in [5.74, 6) is 2.20. The zero-order valence-electron chi connectivity index (χ0n) is 15.5. The molecule has 1 aliphatic heterocycles. The Labute approximate surface area is 154 Å². The summed E-state index contributed by atoms with van der Waals surface area (Å²) in [4.78, 5) is 9.35. The summed E-state index contributed by atoms with van der Waals surface area (Å²) in [5, 5.41) is 2.52. The number of pyridine rings is 2. The molecule has 1 atom stereocenters. The minimum Gasteiger partial charge on any atom is -0.486 e. The number of aromatic nitrogens is 2. The lowest BCUT2D eigenvalue weighted by Gasteiger charge is -2.23. The van der Waals surface area contributed by atoms with E-state index in [1.165, 1.54) is 16.3 Å². The van der Waals surface area contributed by atoms with E-state index in [9.17, 15) is 0 Å². The molecule has 4 rings (SSSR count). The van der Waals surface area contributed by atoms with Crippen LogP contribution >= 0.6 is 0 Å². The highest BCUT2D eigenvalue weighted by molar-refractivity contribution is 5.87. The monoisotopic (exact) mass is 348 g/mol. The minimum atomic E-state index is 0.210. The van der Waals surface area contributed by atoms with Crippen LogP contribution in [0.1, 0.15) is 49.6 Å². The summed E-state index contributed by atoms with van der Waals surface area (Å²) in [6.07, 6.45) is 4.69. The Kier molecular flexibility index (Phi) is 4.49. The zero-order chi connectivity index (χ0) is 18.1. The first-order chi connectivity index (χ1) is 12.6. The molecule has 0 aliphatic carbocycles. The Morgan fingerprint density at radius 3 is 2.50 bits per heavy atom. The Bertz CT molecular complexity index is 937. The van der Waals surface area contributed by atoms with Gasteiger partial charge in [0.1, 0.15) is 13.2 Å². The Balaban J connectivity index is 1.71. The molecule has 3 aromatic rings. The van der Waals surface area contributed by atoms with Crippen LogP contribution in [0, 0.1) is 0 Å². The van der Waals surface area contributed by atoms with Gasteiger partial charge >= 0.3 is 0 Å². The highest BCUT2D eigenvalue weighted by Gasteiger charge is 2.22. The van der Waals surface area contributed by atoms with Crippen LogP contribution < -0.4 is 9.47 Å². The molecule has 2 aromatic heterocycles. The predicted molar refractivity (Wildman–Crippen MR) is 103 cm³/mol. The molecule has 4 heteroatoms. The van der Waals surface area contributed by atoms with Gasteiger partial charge in [-0.05, 0) is 23.3 Å². The van der Waals surface area contributed by atoms with Gasteiger partial charge in [0.2, 0.25) is 0 Å². The lowest BCUT2D eigenvalue weighted by Crippen LogP contribution is -2.18. The number of rotatable bonds is 4. The van der Waals surface area contributed by atoms with Gasteiger partial charge in [0.15, 0.2) is 11.5 Å². The molecule has 0 saturated heterocycles. The predicted octanol–water partition coefficient (Wildman–Crippen LogP) is 4.87. The molecule has 3 heterocycles. The van der Waals surface area contributed by atoms with E-state index < -0.39 is 0 Å². The summed E-state index contributed by atoms with van der Waals surface area (Å²) in [6.45, 7) is 7.73. The minimum absolute atomic E-state index is 0.210. The third-order valence-electron chi connectivity index (χ3n) is 4.93. The number of benzene rings is 1. The van der Waals surface area contributed by atoms with Gasteiger partial charge in [0.05, 0.1) is 11.4 Å². The van der Waals surface area contributed by atoms with Crippen LogP contribution in [0.3, 0.4) is 0 Å². The Morgan fingerprint density at radius 1 is 0.923 bits per heavy atom. The van der Waals surface area contributed by atoms with Crippen molar-refractivity contribution in [2.45, 2.75) is 39.0 Å². The number of ether oxygens (including phenoxy) is 2. The van der Waals surface area contributed by atoms with E-state index in [1.54, 1.807) is 6.20 Å². The summed E-state index contributed by atoms with van der Waals surface area (Å²) in [6, 6.07) is 10.4. The maximum Gasteiger partial charge on any atom is 0.183 e. The lowest BCUT2D eigenvalue weighted by molar-refractivity contribution is 0.168. The molecule has 4 nitrogen and oxygen atoms in total. The molecule has 1 unspecified atom stereocenters. The van der Waals surface area contributed by atoms with Crippen molar-refractivity contribution in [3.8, 4) is 11.5 Å². The molecule has 0 amide bonds. The van der Waals surface area contributed by atoms with Crippen LogP contribution in [0.4, 0.5) is 0 Å². The molecule has 1 aliphatic rings. The van der Waals surface area contributed by atoms with E-state index in [0.717, 1.165) is 29.3 Å². The van der Waals surface area contributed by atoms with Gasteiger partial charge in [-0.25, -0.2) is 0 Å². The van der Waals surface area contributed by atoms with Gasteiger partial charge in [-0.3, -0.25) is 9.97 Å². The fraction of sp³-hybridized carbons (Fsp3) is 0.364. The third-order valence-corrected chi connectivity index (χ3v) is 4.93. The summed E-state index contributed by atoms with van der Waals surface area (Å²) >= 11 is 0. The molecule has 0 bridgehead atoms. The Morgan fingerprint density at radius 2 is 1.69 bits per heavy atom. The summed E-state index contributed by atoms with van der Waals surface area (Å²) in [5.41, 5.74) is 3.36. The maximum atomic E-state index is 5.85. The first kappa shape index (κ1) is 16.8. The summed E-state index contributed by atoms with van der Waals surface area (Å²) in [7, 11) is 0. The van der Waals surface area contributed by atoms with Crippen LogP contribution in [0.15, 0.2) is 42.7 Å². The van der Waals surface area contributed by atoms with E-state index in [1.807, 2.05) is 12.3 Å². The van der Waals surface area contributed by atoms with Crippen LogP contribution in [0.25, 0.3) is 10.8 Å². The molecule has 0 spiro atoms. The van der Waals surface area contributed by atoms with Crippen molar-refractivity contribution < 1.29 is 9.47 Å². The van der Waals surface area contributed by atoms with E-state index in [0.29, 0.717) is 19.1 Å². The molecule has 0 saturated carbocycles. The first-order valence-electron chi connectivity index (χ1n) is 9.26. The highest BCUT2D eigenvalue weighted by Crippen LogP contribution is 2.38. The van der Waals surface area contributed by atoms with Gasteiger partial charge < -0.3 is 9.47 Å². The van der Waals surface area contributed by atoms with Gasteiger partial charge in [-0.15, -0.1) is 0 Å². The van der Waals surface area contributed by atoms with Crippen LogP contribution in [-0.4, -0.2) is 23.2 Å². The average molecular weight is 348 g/mol. The number of fused-ring (bicyclic) bond motifs is 2. The molecular formula is C22H24N2O2. The van der Waals surface area contributed by atoms with Gasteiger partial charge in [0.25, 0.3) is 0 Å². The Hall–Kier alpha value is -2.62. The van der Waals surface area contributed by atoms with Crippen LogP contribution in [0.2, 0.25) is 0 Å². The second-order valence-electron chi connectivity index (χ2n) is 7.19. The molecule has 1 aromatic carbocycles. The van der Waals surface area contributed by atoms with Crippen molar-refractivity contribution in [1.82, 2.24) is 9.97 Å². The van der Waals surface area contributed by atoms with Crippen LogP contribution in [0.5, 0.6) is 11.5 Å². The van der Waals surface area contributed by atoms with Crippen molar-refractivity contribution in [2.24, 2.45) is 0 Å². The largest absolute Gasteiger partial charge is 0.486 e. The van der Waals surface area contributed by atoms with Crippen LogP contribution in [-0.2, 0) is 6.42 Å². The van der Waals surface area contributed by atoms with Crippen molar-refractivity contribution in [3.05, 3.63) is 59.7 Å². The quantitative estimate of drug-likeness (QED) is 0.675. The van der Waals surface area contributed by atoms with E-state index in [-0.39, 0.29) is 5.92 Å². The lowest BCUT2D eigenvalue weighted by atomic mass is 9.92. The van der Waals surface area contributed by atoms with Gasteiger partial charge in [-0.2, -0.15) is 0 Å². The normalized spacial score (nSPS) is 14.6. The summed E-state index contributed by atoms with van der Waals surface area (Å²) < 4.78 is 11.5. The van der Waals surface area contributed by atoms with Crippen molar-refractivity contribution in [1.29, 1.82) is 0 Å². The fourth-order valence-electron chi connectivity index (χ4n) is 3.67.